The lowest BCUT2D eigenvalue weighted by atomic mass is 9.96. The number of ether oxygens (including phenoxy) is 1. The molecule has 0 aliphatic carbocycles. The average molecular weight is 342 g/mol. The van der Waals surface area contributed by atoms with Gasteiger partial charge in [0.25, 0.3) is 0 Å². The zero-order valence-electron chi connectivity index (χ0n) is 12.8. The fraction of sp³-hybridized carbons (Fsp3) is 0.647. The minimum atomic E-state index is 0.652. The van der Waals surface area contributed by atoms with E-state index in [1.165, 1.54) is 12.0 Å². The average Bonchev–Trinajstić information content (AvgIpc) is 2.46. The zero-order chi connectivity index (χ0) is 14.6. The molecule has 1 rings (SSSR count). The van der Waals surface area contributed by atoms with Crippen molar-refractivity contribution in [2.24, 2.45) is 5.92 Å². The topological polar surface area (TPSA) is 21.3 Å². The van der Waals surface area contributed by atoms with E-state index in [1.54, 1.807) is 0 Å². The van der Waals surface area contributed by atoms with Crippen LogP contribution in [0, 0.1) is 5.92 Å². The number of halogens is 1. The van der Waals surface area contributed by atoms with Gasteiger partial charge in [-0.2, -0.15) is 0 Å². The molecular formula is C17H28BrNO. The van der Waals surface area contributed by atoms with Gasteiger partial charge in [0.05, 0.1) is 0 Å². The van der Waals surface area contributed by atoms with E-state index in [0.29, 0.717) is 5.92 Å². The molecule has 0 radical (unpaired) electrons. The maximum atomic E-state index is 5.64. The minimum Gasteiger partial charge on any atom is -0.381 e. The highest BCUT2D eigenvalue weighted by Gasteiger charge is 2.09. The van der Waals surface area contributed by atoms with Crippen LogP contribution in [0.3, 0.4) is 0 Å². The third kappa shape index (κ3) is 8.03. The van der Waals surface area contributed by atoms with Crippen LogP contribution in [0.25, 0.3) is 0 Å². The van der Waals surface area contributed by atoms with Gasteiger partial charge in [0.15, 0.2) is 0 Å². The van der Waals surface area contributed by atoms with E-state index in [9.17, 15) is 0 Å². The van der Waals surface area contributed by atoms with Crippen molar-refractivity contribution in [3.8, 4) is 0 Å². The van der Waals surface area contributed by atoms with Gasteiger partial charge in [0.2, 0.25) is 0 Å². The molecule has 0 bridgehead atoms. The SMILES string of the molecule is CCCNCC(CCOCCC)Cc1ccc(Br)cc1. The van der Waals surface area contributed by atoms with Crippen LogP contribution in [0.4, 0.5) is 0 Å². The molecule has 1 aromatic rings. The molecule has 0 aliphatic rings. The first-order chi connectivity index (χ1) is 9.76. The Labute approximate surface area is 132 Å². The Balaban J connectivity index is 2.41. The quantitative estimate of drug-likeness (QED) is 0.601. The van der Waals surface area contributed by atoms with Gasteiger partial charge in [-0.1, -0.05) is 41.9 Å². The van der Waals surface area contributed by atoms with Crippen LogP contribution in [0.5, 0.6) is 0 Å². The van der Waals surface area contributed by atoms with Crippen molar-refractivity contribution in [2.75, 3.05) is 26.3 Å². The second-order valence-electron chi connectivity index (χ2n) is 5.30. The molecule has 0 saturated carbocycles. The Kier molecular flexibility index (Phi) is 9.98. The molecule has 1 N–H and O–H groups in total. The van der Waals surface area contributed by atoms with E-state index in [0.717, 1.165) is 50.0 Å². The van der Waals surface area contributed by atoms with Crippen molar-refractivity contribution in [1.29, 1.82) is 0 Å². The molecule has 114 valence electrons. The molecule has 0 aromatic heterocycles. The van der Waals surface area contributed by atoms with Crippen molar-refractivity contribution in [3.05, 3.63) is 34.3 Å². The molecule has 3 heteroatoms. The van der Waals surface area contributed by atoms with Gasteiger partial charge in [0, 0.05) is 17.7 Å². The Hall–Kier alpha value is -0.380. The summed E-state index contributed by atoms with van der Waals surface area (Å²) in [4.78, 5) is 0. The molecule has 1 atom stereocenters. The van der Waals surface area contributed by atoms with Crippen LogP contribution >= 0.6 is 15.9 Å². The monoisotopic (exact) mass is 341 g/mol. The molecule has 0 heterocycles. The summed E-state index contributed by atoms with van der Waals surface area (Å²) in [6, 6.07) is 8.67. The molecule has 20 heavy (non-hydrogen) atoms. The van der Waals surface area contributed by atoms with E-state index in [2.05, 4.69) is 59.4 Å². The molecule has 0 saturated heterocycles. The highest BCUT2D eigenvalue weighted by atomic mass is 79.9. The van der Waals surface area contributed by atoms with E-state index in [1.807, 2.05) is 0 Å². The first-order valence-corrected chi connectivity index (χ1v) is 8.58. The van der Waals surface area contributed by atoms with Crippen molar-refractivity contribution < 1.29 is 4.74 Å². The highest BCUT2D eigenvalue weighted by Crippen LogP contribution is 2.16. The second kappa shape index (κ2) is 11.3. The predicted octanol–water partition coefficient (Wildman–Crippen LogP) is 4.42. The summed E-state index contributed by atoms with van der Waals surface area (Å²) in [5.74, 6) is 0.652. The Bertz CT molecular complexity index is 339. The molecule has 1 unspecified atom stereocenters. The third-order valence-corrected chi connectivity index (χ3v) is 3.84. The van der Waals surface area contributed by atoms with Crippen LogP contribution in [-0.4, -0.2) is 26.3 Å². The number of hydrogen-bond donors (Lipinski definition) is 1. The van der Waals surface area contributed by atoms with Crippen molar-refractivity contribution in [3.63, 3.8) is 0 Å². The number of benzene rings is 1. The molecule has 0 aliphatic heterocycles. The van der Waals surface area contributed by atoms with Gasteiger partial charge in [0.1, 0.15) is 0 Å². The van der Waals surface area contributed by atoms with Crippen molar-refractivity contribution >= 4 is 15.9 Å². The predicted molar refractivity (Wildman–Crippen MR) is 90.2 cm³/mol. The van der Waals surface area contributed by atoms with E-state index < -0.39 is 0 Å². The number of nitrogens with one attached hydrogen (secondary N) is 1. The molecule has 2 nitrogen and oxygen atoms in total. The molecule has 0 fully saturated rings. The summed E-state index contributed by atoms with van der Waals surface area (Å²) in [6.07, 6.45) is 4.55. The standard InChI is InChI=1S/C17H28BrNO/c1-3-10-19-14-16(9-12-20-11-4-2)13-15-5-7-17(18)8-6-15/h5-8,16,19H,3-4,9-14H2,1-2H3. The van der Waals surface area contributed by atoms with Gasteiger partial charge in [-0.25, -0.2) is 0 Å². The van der Waals surface area contributed by atoms with E-state index in [-0.39, 0.29) is 0 Å². The van der Waals surface area contributed by atoms with Crippen LogP contribution in [0.2, 0.25) is 0 Å². The lowest BCUT2D eigenvalue weighted by molar-refractivity contribution is 0.120. The Morgan fingerprint density at radius 2 is 1.85 bits per heavy atom. The Morgan fingerprint density at radius 3 is 2.50 bits per heavy atom. The summed E-state index contributed by atoms with van der Waals surface area (Å²) in [6.45, 7) is 8.31. The lowest BCUT2D eigenvalue weighted by Gasteiger charge is -2.18. The van der Waals surface area contributed by atoms with Gasteiger partial charge in [-0.15, -0.1) is 0 Å². The Morgan fingerprint density at radius 1 is 1.10 bits per heavy atom. The van der Waals surface area contributed by atoms with Gasteiger partial charge >= 0.3 is 0 Å². The molecular weight excluding hydrogens is 314 g/mol. The zero-order valence-corrected chi connectivity index (χ0v) is 14.4. The van der Waals surface area contributed by atoms with Gasteiger partial charge in [-0.3, -0.25) is 0 Å². The van der Waals surface area contributed by atoms with Crippen LogP contribution in [0.1, 0.15) is 38.7 Å². The summed E-state index contributed by atoms with van der Waals surface area (Å²) in [5.41, 5.74) is 1.41. The van der Waals surface area contributed by atoms with Crippen LogP contribution < -0.4 is 5.32 Å². The van der Waals surface area contributed by atoms with Crippen LogP contribution in [0.15, 0.2) is 28.7 Å². The molecule has 0 spiro atoms. The number of rotatable bonds is 11. The highest BCUT2D eigenvalue weighted by molar-refractivity contribution is 9.10. The first-order valence-electron chi connectivity index (χ1n) is 7.79. The minimum absolute atomic E-state index is 0.652. The lowest BCUT2D eigenvalue weighted by Crippen LogP contribution is -2.26. The third-order valence-electron chi connectivity index (χ3n) is 3.32. The van der Waals surface area contributed by atoms with Crippen molar-refractivity contribution in [1.82, 2.24) is 5.32 Å². The summed E-state index contributed by atoms with van der Waals surface area (Å²) >= 11 is 3.49. The summed E-state index contributed by atoms with van der Waals surface area (Å²) in [5, 5.41) is 3.54. The van der Waals surface area contributed by atoms with Gasteiger partial charge in [-0.05, 0) is 62.4 Å². The molecule has 1 aromatic carbocycles. The summed E-state index contributed by atoms with van der Waals surface area (Å²) in [7, 11) is 0. The second-order valence-corrected chi connectivity index (χ2v) is 6.22. The van der Waals surface area contributed by atoms with Crippen LogP contribution in [-0.2, 0) is 11.2 Å². The fourth-order valence-corrected chi connectivity index (χ4v) is 2.47. The summed E-state index contributed by atoms with van der Waals surface area (Å²) < 4.78 is 6.79. The number of hydrogen-bond acceptors (Lipinski definition) is 2. The van der Waals surface area contributed by atoms with Gasteiger partial charge < -0.3 is 10.1 Å². The molecule has 0 amide bonds. The fourth-order valence-electron chi connectivity index (χ4n) is 2.21. The maximum absolute atomic E-state index is 5.64. The largest absolute Gasteiger partial charge is 0.381 e. The first kappa shape index (κ1) is 17.7. The maximum Gasteiger partial charge on any atom is 0.0469 e. The smallest absolute Gasteiger partial charge is 0.0469 e. The van der Waals surface area contributed by atoms with E-state index in [4.69, 9.17) is 4.74 Å². The van der Waals surface area contributed by atoms with E-state index >= 15 is 0 Å². The normalized spacial score (nSPS) is 12.6. The van der Waals surface area contributed by atoms with Crippen molar-refractivity contribution in [2.45, 2.75) is 39.5 Å².